The highest BCUT2D eigenvalue weighted by Gasteiger charge is 2.06. The van der Waals surface area contributed by atoms with Gasteiger partial charge in [0.05, 0.1) is 0 Å². The van der Waals surface area contributed by atoms with Gasteiger partial charge in [0.25, 0.3) is 0 Å². The second kappa shape index (κ2) is 3.61. The Bertz CT molecular complexity index is 497. The van der Waals surface area contributed by atoms with Gasteiger partial charge >= 0.3 is 0 Å². The van der Waals surface area contributed by atoms with Crippen molar-refractivity contribution in [2.24, 2.45) is 0 Å². The first-order chi connectivity index (χ1) is 7.18. The number of hydrogen-bond acceptors (Lipinski definition) is 3. The molecule has 1 aromatic heterocycles. The van der Waals surface area contributed by atoms with Crippen LogP contribution in [0, 0.1) is 6.92 Å². The average molecular weight is 201 g/mol. The predicted molar refractivity (Wildman–Crippen MR) is 53.2 cm³/mol. The van der Waals surface area contributed by atoms with Gasteiger partial charge in [-0.2, -0.15) is 0 Å². The summed E-state index contributed by atoms with van der Waals surface area (Å²) >= 11 is 0. The summed E-state index contributed by atoms with van der Waals surface area (Å²) in [6, 6.07) is 10.7. The Labute approximate surface area is 87.0 Å². The normalized spacial score (nSPS) is 10.2. The van der Waals surface area contributed by atoms with E-state index in [-0.39, 0.29) is 5.76 Å². The largest absolute Gasteiger partial charge is 0.542 e. The second-order valence-electron chi connectivity index (χ2n) is 3.27. The first-order valence-corrected chi connectivity index (χ1v) is 4.55. The number of aryl methyl sites for hydroxylation is 1. The van der Waals surface area contributed by atoms with E-state index in [9.17, 15) is 9.90 Å². The molecule has 0 fully saturated rings. The molecule has 0 atom stereocenters. The number of furan rings is 1. The monoisotopic (exact) mass is 201 g/mol. The maximum atomic E-state index is 10.5. The molecule has 0 aliphatic heterocycles. The third-order valence-electron chi connectivity index (χ3n) is 2.22. The van der Waals surface area contributed by atoms with Crippen LogP contribution in [-0.4, -0.2) is 5.97 Å². The van der Waals surface area contributed by atoms with E-state index in [4.69, 9.17) is 4.42 Å². The molecule has 0 radical (unpaired) electrons. The number of carboxylic acid groups (broad SMARTS) is 1. The molecule has 1 aromatic carbocycles. The van der Waals surface area contributed by atoms with E-state index in [1.165, 1.54) is 6.07 Å². The van der Waals surface area contributed by atoms with Gasteiger partial charge in [0.15, 0.2) is 0 Å². The number of carboxylic acids is 1. The Morgan fingerprint density at radius 2 is 1.93 bits per heavy atom. The number of carbonyl (C=O) groups excluding carboxylic acids is 1. The zero-order valence-corrected chi connectivity index (χ0v) is 8.19. The van der Waals surface area contributed by atoms with E-state index < -0.39 is 5.97 Å². The predicted octanol–water partition coefficient (Wildman–Crippen LogP) is 1.62. The van der Waals surface area contributed by atoms with Crippen LogP contribution in [0.5, 0.6) is 0 Å². The lowest BCUT2D eigenvalue weighted by Crippen LogP contribution is -2.21. The van der Waals surface area contributed by atoms with Gasteiger partial charge in [0.2, 0.25) is 0 Å². The molecule has 0 aliphatic rings. The second-order valence-corrected chi connectivity index (χ2v) is 3.27. The minimum atomic E-state index is -1.30. The molecular weight excluding hydrogens is 192 g/mol. The number of benzene rings is 1. The SMILES string of the molecule is Cc1ccccc1-c1ccc(C(=O)[O-])o1. The zero-order chi connectivity index (χ0) is 10.8. The lowest BCUT2D eigenvalue weighted by molar-refractivity contribution is -0.257. The van der Waals surface area contributed by atoms with Crippen LogP contribution in [0.1, 0.15) is 16.1 Å². The van der Waals surface area contributed by atoms with Crippen molar-refractivity contribution in [1.82, 2.24) is 0 Å². The standard InChI is InChI=1S/C12H10O3/c1-8-4-2-3-5-9(8)10-6-7-11(15-10)12(13)14/h2-7H,1H3,(H,13,14)/p-1. The lowest BCUT2D eigenvalue weighted by Gasteiger charge is -2.01. The van der Waals surface area contributed by atoms with E-state index in [0.717, 1.165) is 11.1 Å². The summed E-state index contributed by atoms with van der Waals surface area (Å²) in [5.41, 5.74) is 1.93. The fourth-order valence-corrected chi connectivity index (χ4v) is 1.44. The Kier molecular flexibility index (Phi) is 2.29. The van der Waals surface area contributed by atoms with E-state index >= 15 is 0 Å². The van der Waals surface area contributed by atoms with Crippen LogP contribution >= 0.6 is 0 Å². The molecule has 0 amide bonds. The highest BCUT2D eigenvalue weighted by atomic mass is 16.4. The van der Waals surface area contributed by atoms with Gasteiger partial charge < -0.3 is 14.3 Å². The van der Waals surface area contributed by atoms with Crippen molar-refractivity contribution in [2.75, 3.05) is 0 Å². The molecule has 0 N–H and O–H groups in total. The van der Waals surface area contributed by atoms with Crippen LogP contribution < -0.4 is 5.11 Å². The van der Waals surface area contributed by atoms with Crippen molar-refractivity contribution in [3.63, 3.8) is 0 Å². The fourth-order valence-electron chi connectivity index (χ4n) is 1.44. The Morgan fingerprint density at radius 1 is 1.20 bits per heavy atom. The molecule has 15 heavy (non-hydrogen) atoms. The average Bonchev–Trinajstić information content (AvgIpc) is 2.67. The minimum absolute atomic E-state index is 0.145. The smallest absolute Gasteiger partial charge is 0.150 e. The molecule has 0 spiro atoms. The Hall–Kier alpha value is -2.03. The Morgan fingerprint density at radius 3 is 2.53 bits per heavy atom. The van der Waals surface area contributed by atoms with Gasteiger partial charge in [-0.1, -0.05) is 24.3 Å². The summed E-state index contributed by atoms with van der Waals surface area (Å²) in [4.78, 5) is 10.5. The first kappa shape index (κ1) is 9.52. The van der Waals surface area contributed by atoms with Crippen molar-refractivity contribution >= 4 is 5.97 Å². The summed E-state index contributed by atoms with van der Waals surface area (Å²) in [5, 5.41) is 10.5. The van der Waals surface area contributed by atoms with Crippen molar-refractivity contribution in [2.45, 2.75) is 6.92 Å². The van der Waals surface area contributed by atoms with Crippen molar-refractivity contribution in [1.29, 1.82) is 0 Å². The molecule has 3 heteroatoms. The molecule has 0 unspecified atom stereocenters. The first-order valence-electron chi connectivity index (χ1n) is 4.55. The molecule has 2 aromatic rings. The molecule has 76 valence electrons. The van der Waals surface area contributed by atoms with Gasteiger partial charge in [-0.05, 0) is 24.6 Å². The van der Waals surface area contributed by atoms with Crippen LogP contribution in [0.4, 0.5) is 0 Å². The van der Waals surface area contributed by atoms with Crippen LogP contribution in [0.25, 0.3) is 11.3 Å². The third-order valence-corrected chi connectivity index (χ3v) is 2.22. The minimum Gasteiger partial charge on any atom is -0.542 e. The van der Waals surface area contributed by atoms with E-state index in [2.05, 4.69) is 0 Å². The van der Waals surface area contributed by atoms with Crippen molar-refractivity contribution < 1.29 is 14.3 Å². The van der Waals surface area contributed by atoms with Gasteiger partial charge in [0.1, 0.15) is 17.5 Å². The molecule has 0 saturated heterocycles. The number of rotatable bonds is 2. The van der Waals surface area contributed by atoms with Crippen molar-refractivity contribution in [3.8, 4) is 11.3 Å². The highest BCUT2D eigenvalue weighted by Crippen LogP contribution is 2.24. The van der Waals surface area contributed by atoms with E-state index in [1.54, 1.807) is 6.07 Å². The van der Waals surface area contributed by atoms with E-state index in [0.29, 0.717) is 5.76 Å². The van der Waals surface area contributed by atoms with Crippen LogP contribution in [-0.2, 0) is 0 Å². The third kappa shape index (κ3) is 1.76. The van der Waals surface area contributed by atoms with Gasteiger partial charge in [-0.25, -0.2) is 0 Å². The number of hydrogen-bond donors (Lipinski definition) is 0. The zero-order valence-electron chi connectivity index (χ0n) is 8.19. The number of aromatic carboxylic acids is 1. The highest BCUT2D eigenvalue weighted by molar-refractivity contribution is 5.83. The van der Waals surface area contributed by atoms with Gasteiger partial charge in [-0.15, -0.1) is 0 Å². The topological polar surface area (TPSA) is 53.3 Å². The fraction of sp³-hybridized carbons (Fsp3) is 0.0833. The van der Waals surface area contributed by atoms with Crippen LogP contribution in [0.15, 0.2) is 40.8 Å². The summed E-state index contributed by atoms with van der Waals surface area (Å²) in [6.07, 6.45) is 0. The maximum Gasteiger partial charge on any atom is 0.150 e. The molecule has 0 bridgehead atoms. The van der Waals surface area contributed by atoms with Gasteiger partial charge in [0, 0.05) is 5.56 Å². The molecule has 0 saturated carbocycles. The van der Waals surface area contributed by atoms with Crippen molar-refractivity contribution in [3.05, 3.63) is 47.7 Å². The summed E-state index contributed by atoms with van der Waals surface area (Å²) in [7, 11) is 0. The Balaban J connectivity index is 2.46. The summed E-state index contributed by atoms with van der Waals surface area (Å²) < 4.78 is 5.15. The quantitative estimate of drug-likeness (QED) is 0.741. The summed E-state index contributed by atoms with van der Waals surface area (Å²) in [6.45, 7) is 1.94. The van der Waals surface area contributed by atoms with Crippen LogP contribution in [0.2, 0.25) is 0 Å². The van der Waals surface area contributed by atoms with E-state index in [1.807, 2.05) is 31.2 Å². The maximum absolute atomic E-state index is 10.5. The molecular formula is C12H9O3-. The van der Waals surface area contributed by atoms with Gasteiger partial charge in [-0.3, -0.25) is 0 Å². The summed E-state index contributed by atoms with van der Waals surface area (Å²) in [5.74, 6) is -0.893. The molecule has 0 aliphatic carbocycles. The molecule has 2 rings (SSSR count). The van der Waals surface area contributed by atoms with Crippen LogP contribution in [0.3, 0.4) is 0 Å². The molecule has 1 heterocycles. The number of carbonyl (C=O) groups is 1. The lowest BCUT2D eigenvalue weighted by atomic mass is 10.1. The molecule has 3 nitrogen and oxygen atoms in total.